The molecule has 0 aromatic rings. The van der Waals surface area contributed by atoms with Crippen LogP contribution in [0.1, 0.15) is 13.8 Å². The number of aliphatic carboxylic acids is 1. The van der Waals surface area contributed by atoms with Crippen molar-refractivity contribution in [3.8, 4) is 0 Å². The number of hydrogen-bond donors (Lipinski definition) is 1. The van der Waals surface area contributed by atoms with Gasteiger partial charge in [0.05, 0.1) is 0 Å². The predicted octanol–water partition coefficient (Wildman–Crippen LogP) is 2.15. The Morgan fingerprint density at radius 1 is 1.45 bits per heavy atom. The van der Waals surface area contributed by atoms with E-state index in [1.165, 1.54) is 6.08 Å². The van der Waals surface area contributed by atoms with Gasteiger partial charge in [0.15, 0.2) is 0 Å². The molecule has 0 saturated carbocycles. The molecule has 0 aliphatic rings. The summed E-state index contributed by atoms with van der Waals surface area (Å²) in [5, 5.41) is 8.42. The van der Waals surface area contributed by atoms with Crippen LogP contribution in [0.3, 0.4) is 0 Å². The van der Waals surface area contributed by atoms with Gasteiger partial charge in [-0.05, 0) is 13.8 Å². The standard InChI is InChI=1S/C9H12O2/c1-7(2)5-4-6-8(3)9(10)11/h4-6H,1H2,2-3H3,(H,10,11)/b5-4+,8-6+. The molecule has 0 rings (SSSR count). The van der Waals surface area contributed by atoms with Crippen LogP contribution >= 0.6 is 0 Å². The zero-order valence-corrected chi connectivity index (χ0v) is 6.79. The van der Waals surface area contributed by atoms with Gasteiger partial charge in [-0.25, -0.2) is 4.79 Å². The first-order valence-corrected chi connectivity index (χ1v) is 3.28. The summed E-state index contributed by atoms with van der Waals surface area (Å²) in [6, 6.07) is 0. The molecule has 2 heteroatoms. The second-order valence-corrected chi connectivity index (χ2v) is 2.36. The van der Waals surface area contributed by atoms with Crippen molar-refractivity contribution in [1.82, 2.24) is 0 Å². The van der Waals surface area contributed by atoms with Crippen LogP contribution in [0.4, 0.5) is 0 Å². The van der Waals surface area contributed by atoms with Crippen molar-refractivity contribution in [3.05, 3.63) is 36.0 Å². The molecule has 2 nitrogen and oxygen atoms in total. The minimum absolute atomic E-state index is 0.322. The molecule has 60 valence electrons. The number of carbonyl (C=O) groups is 1. The molecule has 0 aromatic carbocycles. The SMILES string of the molecule is C=C(C)/C=C/C=C(\C)C(=O)O. The quantitative estimate of drug-likeness (QED) is 0.497. The number of rotatable bonds is 3. The molecular weight excluding hydrogens is 140 g/mol. The van der Waals surface area contributed by atoms with Gasteiger partial charge in [-0.1, -0.05) is 30.4 Å². The van der Waals surface area contributed by atoms with Crippen molar-refractivity contribution < 1.29 is 9.90 Å². The molecule has 0 amide bonds. The van der Waals surface area contributed by atoms with Gasteiger partial charge >= 0.3 is 5.97 Å². The Bertz CT molecular complexity index is 222. The largest absolute Gasteiger partial charge is 0.478 e. The van der Waals surface area contributed by atoms with E-state index in [2.05, 4.69) is 6.58 Å². The number of hydrogen-bond acceptors (Lipinski definition) is 1. The van der Waals surface area contributed by atoms with Gasteiger partial charge in [0, 0.05) is 5.57 Å². The molecule has 11 heavy (non-hydrogen) atoms. The average Bonchev–Trinajstić information content (AvgIpc) is 1.86. The van der Waals surface area contributed by atoms with E-state index in [0.717, 1.165) is 5.57 Å². The molecule has 0 bridgehead atoms. The highest BCUT2D eigenvalue weighted by atomic mass is 16.4. The first-order chi connectivity index (χ1) is 5.04. The molecule has 0 atom stereocenters. The molecule has 0 saturated heterocycles. The number of carboxylic acid groups (broad SMARTS) is 1. The van der Waals surface area contributed by atoms with E-state index in [-0.39, 0.29) is 0 Å². The van der Waals surface area contributed by atoms with E-state index in [4.69, 9.17) is 5.11 Å². The lowest BCUT2D eigenvalue weighted by Gasteiger charge is -1.87. The van der Waals surface area contributed by atoms with Gasteiger partial charge in [0.25, 0.3) is 0 Å². The first kappa shape index (κ1) is 9.69. The molecule has 0 aromatic heterocycles. The highest BCUT2D eigenvalue weighted by Gasteiger charge is 1.94. The van der Waals surface area contributed by atoms with Crippen LogP contribution < -0.4 is 0 Å². The lowest BCUT2D eigenvalue weighted by molar-refractivity contribution is -0.132. The Morgan fingerprint density at radius 2 is 2.00 bits per heavy atom. The van der Waals surface area contributed by atoms with Gasteiger partial charge < -0.3 is 5.11 Å². The van der Waals surface area contributed by atoms with Crippen molar-refractivity contribution >= 4 is 5.97 Å². The first-order valence-electron chi connectivity index (χ1n) is 3.28. The summed E-state index contributed by atoms with van der Waals surface area (Å²) in [4.78, 5) is 10.3. The van der Waals surface area contributed by atoms with Crippen molar-refractivity contribution in [2.24, 2.45) is 0 Å². The number of allylic oxidation sites excluding steroid dienone is 4. The molecule has 1 N–H and O–H groups in total. The minimum atomic E-state index is -0.892. The molecule has 0 aliphatic heterocycles. The monoisotopic (exact) mass is 152 g/mol. The van der Waals surface area contributed by atoms with E-state index < -0.39 is 5.97 Å². The summed E-state index contributed by atoms with van der Waals surface area (Å²) in [6.07, 6.45) is 4.97. The highest BCUT2D eigenvalue weighted by Crippen LogP contribution is 1.95. The summed E-state index contributed by atoms with van der Waals surface area (Å²) >= 11 is 0. The van der Waals surface area contributed by atoms with E-state index in [1.54, 1.807) is 19.1 Å². The Balaban J connectivity index is 4.13. The normalized spacial score (nSPS) is 12.0. The Morgan fingerprint density at radius 3 is 2.36 bits per heavy atom. The summed E-state index contributed by atoms with van der Waals surface area (Å²) in [6.45, 7) is 7.03. The third-order valence-electron chi connectivity index (χ3n) is 1.06. The lowest BCUT2D eigenvalue weighted by atomic mass is 10.2. The summed E-state index contributed by atoms with van der Waals surface area (Å²) in [5.41, 5.74) is 1.22. The van der Waals surface area contributed by atoms with Crippen LogP contribution in [0.15, 0.2) is 36.0 Å². The maximum absolute atomic E-state index is 10.3. The van der Waals surface area contributed by atoms with Gasteiger partial charge in [-0.3, -0.25) is 0 Å². The zero-order chi connectivity index (χ0) is 8.85. The molecule has 0 heterocycles. The topological polar surface area (TPSA) is 37.3 Å². The van der Waals surface area contributed by atoms with Gasteiger partial charge in [-0.15, -0.1) is 0 Å². The van der Waals surface area contributed by atoms with Gasteiger partial charge in [-0.2, -0.15) is 0 Å². The van der Waals surface area contributed by atoms with Crippen LogP contribution in [-0.4, -0.2) is 11.1 Å². The maximum atomic E-state index is 10.3. The average molecular weight is 152 g/mol. The third kappa shape index (κ3) is 5.15. The van der Waals surface area contributed by atoms with Crippen LogP contribution in [-0.2, 0) is 4.79 Å². The van der Waals surface area contributed by atoms with E-state index in [1.807, 2.05) is 6.92 Å². The molecule has 0 spiro atoms. The third-order valence-corrected chi connectivity index (χ3v) is 1.06. The van der Waals surface area contributed by atoms with E-state index in [9.17, 15) is 4.79 Å². The summed E-state index contributed by atoms with van der Waals surface area (Å²) in [7, 11) is 0. The zero-order valence-electron chi connectivity index (χ0n) is 6.79. The maximum Gasteiger partial charge on any atom is 0.331 e. The van der Waals surface area contributed by atoms with Crippen LogP contribution in [0.5, 0.6) is 0 Å². The highest BCUT2D eigenvalue weighted by molar-refractivity contribution is 5.86. The second kappa shape index (κ2) is 4.50. The molecule has 0 radical (unpaired) electrons. The minimum Gasteiger partial charge on any atom is -0.478 e. The fourth-order valence-corrected chi connectivity index (χ4v) is 0.428. The Kier molecular flexibility index (Phi) is 3.96. The van der Waals surface area contributed by atoms with Gasteiger partial charge in [0.1, 0.15) is 0 Å². The summed E-state index contributed by atoms with van der Waals surface area (Å²) < 4.78 is 0. The van der Waals surface area contributed by atoms with Gasteiger partial charge in [0.2, 0.25) is 0 Å². The fraction of sp³-hybridized carbons (Fsp3) is 0.222. The van der Waals surface area contributed by atoms with Crippen LogP contribution in [0.25, 0.3) is 0 Å². The molecular formula is C9H12O2. The molecule has 0 unspecified atom stereocenters. The van der Waals surface area contributed by atoms with E-state index >= 15 is 0 Å². The Labute approximate surface area is 66.5 Å². The molecule has 0 aliphatic carbocycles. The van der Waals surface area contributed by atoms with E-state index in [0.29, 0.717) is 5.57 Å². The summed E-state index contributed by atoms with van der Waals surface area (Å²) in [5.74, 6) is -0.892. The van der Waals surface area contributed by atoms with Crippen molar-refractivity contribution in [3.63, 3.8) is 0 Å². The fourth-order valence-electron chi connectivity index (χ4n) is 0.428. The predicted molar refractivity (Wildman–Crippen MR) is 45.3 cm³/mol. The second-order valence-electron chi connectivity index (χ2n) is 2.36. The Hall–Kier alpha value is -1.31. The smallest absolute Gasteiger partial charge is 0.331 e. The van der Waals surface area contributed by atoms with Crippen molar-refractivity contribution in [2.45, 2.75) is 13.8 Å². The van der Waals surface area contributed by atoms with Crippen LogP contribution in [0, 0.1) is 0 Å². The van der Waals surface area contributed by atoms with Crippen LogP contribution in [0.2, 0.25) is 0 Å². The molecule has 0 fully saturated rings. The lowest BCUT2D eigenvalue weighted by Crippen LogP contribution is -1.94. The number of carboxylic acids is 1. The van der Waals surface area contributed by atoms with Crippen molar-refractivity contribution in [1.29, 1.82) is 0 Å². The van der Waals surface area contributed by atoms with Crippen molar-refractivity contribution in [2.75, 3.05) is 0 Å².